The summed E-state index contributed by atoms with van der Waals surface area (Å²) in [4.78, 5) is 2.25. The molecule has 0 bridgehead atoms. The van der Waals surface area contributed by atoms with Gasteiger partial charge in [0.1, 0.15) is 30.1 Å². The molecule has 0 spiro atoms. The topological polar surface area (TPSA) is 62.9 Å². The quantitative estimate of drug-likeness (QED) is 0.722. The highest BCUT2D eigenvalue weighted by atomic mass is 19.1. The highest BCUT2D eigenvalue weighted by Gasteiger charge is 2.26. The summed E-state index contributed by atoms with van der Waals surface area (Å²) in [6.45, 7) is 2.50. The van der Waals surface area contributed by atoms with Crippen LogP contribution in [0.2, 0.25) is 0 Å². The molecule has 0 amide bonds. The van der Waals surface area contributed by atoms with E-state index in [1.165, 1.54) is 12.1 Å². The number of halogens is 1. The van der Waals surface area contributed by atoms with Crippen LogP contribution in [0.1, 0.15) is 24.6 Å². The fourth-order valence-corrected chi connectivity index (χ4v) is 3.64. The molecule has 1 fully saturated rings. The van der Waals surface area contributed by atoms with Crippen molar-refractivity contribution in [3.63, 3.8) is 0 Å². The van der Waals surface area contributed by atoms with E-state index in [0.717, 1.165) is 37.4 Å². The number of aliphatic hydroxyl groups is 1. The Morgan fingerprint density at radius 3 is 2.89 bits per heavy atom. The summed E-state index contributed by atoms with van der Waals surface area (Å²) in [5, 5.41) is 19.0. The Morgan fingerprint density at radius 1 is 1.19 bits per heavy atom. The van der Waals surface area contributed by atoms with Gasteiger partial charge in [-0.25, -0.2) is 4.39 Å². The van der Waals surface area contributed by atoms with E-state index in [4.69, 9.17) is 4.74 Å². The number of pyridine rings is 1. The van der Waals surface area contributed by atoms with Crippen LogP contribution in [0.15, 0.2) is 48.7 Å². The number of β-amino-alcohol motifs (C(OH)–C–C–N with tert-alkyl or cyclic N) is 1. The summed E-state index contributed by atoms with van der Waals surface area (Å²) in [5.74, 6) is 1.53. The van der Waals surface area contributed by atoms with E-state index in [9.17, 15) is 9.50 Å². The smallest absolute Gasteiger partial charge is 0.160 e. The lowest BCUT2D eigenvalue weighted by Gasteiger charge is -2.33. The minimum Gasteiger partial charge on any atom is -0.491 e. The number of fused-ring (bicyclic) bond motifs is 1. The van der Waals surface area contributed by atoms with Gasteiger partial charge in [-0.3, -0.25) is 9.30 Å². The van der Waals surface area contributed by atoms with Crippen LogP contribution in [-0.4, -0.2) is 56.9 Å². The Kier molecular flexibility index (Phi) is 5.31. The Bertz CT molecular complexity index is 883. The van der Waals surface area contributed by atoms with Crippen molar-refractivity contribution in [2.45, 2.75) is 24.9 Å². The fraction of sp³-hybridized carbons (Fsp3) is 0.400. The minimum absolute atomic E-state index is 0.181. The van der Waals surface area contributed by atoms with Crippen LogP contribution in [0.25, 0.3) is 5.65 Å². The molecule has 0 aliphatic carbocycles. The van der Waals surface area contributed by atoms with Gasteiger partial charge < -0.3 is 9.84 Å². The molecule has 2 unspecified atom stereocenters. The summed E-state index contributed by atoms with van der Waals surface area (Å²) in [6.07, 6.45) is 3.50. The zero-order valence-electron chi connectivity index (χ0n) is 15.0. The third-order valence-corrected chi connectivity index (χ3v) is 4.94. The molecule has 2 atom stereocenters. The molecule has 7 heteroatoms. The average molecular weight is 370 g/mol. The van der Waals surface area contributed by atoms with Gasteiger partial charge >= 0.3 is 0 Å². The number of rotatable bonds is 6. The second-order valence-electron chi connectivity index (χ2n) is 7.00. The predicted octanol–water partition coefficient (Wildman–Crippen LogP) is 2.49. The van der Waals surface area contributed by atoms with Crippen LogP contribution in [-0.2, 0) is 0 Å². The van der Waals surface area contributed by atoms with E-state index >= 15 is 0 Å². The van der Waals surface area contributed by atoms with Gasteiger partial charge in [0.2, 0.25) is 0 Å². The Hall–Kier alpha value is -2.51. The van der Waals surface area contributed by atoms with Crippen molar-refractivity contribution in [1.29, 1.82) is 0 Å². The van der Waals surface area contributed by atoms with E-state index in [1.54, 1.807) is 12.1 Å². The standard InChI is InChI=1S/C20H23FN4O2/c21-16-6-8-18(9-7-16)27-14-17(26)13-24-10-3-4-15(12-24)20-23-22-19-5-1-2-11-25(19)20/h1-2,5-9,11,15,17,26H,3-4,10,12-14H2. The van der Waals surface area contributed by atoms with Crippen LogP contribution in [0.3, 0.4) is 0 Å². The van der Waals surface area contributed by atoms with Crippen LogP contribution >= 0.6 is 0 Å². The van der Waals surface area contributed by atoms with Crippen LogP contribution in [0, 0.1) is 5.82 Å². The molecule has 1 aromatic carbocycles. The molecule has 3 heterocycles. The molecule has 1 aliphatic rings. The second-order valence-corrected chi connectivity index (χ2v) is 7.00. The molecule has 1 saturated heterocycles. The highest BCUT2D eigenvalue weighted by molar-refractivity contribution is 5.37. The van der Waals surface area contributed by atoms with Crippen molar-refractivity contribution in [2.75, 3.05) is 26.2 Å². The molecule has 0 radical (unpaired) electrons. The van der Waals surface area contributed by atoms with Gasteiger partial charge in [-0.05, 0) is 55.8 Å². The van der Waals surface area contributed by atoms with E-state index in [-0.39, 0.29) is 12.4 Å². The first kappa shape index (κ1) is 17.9. The Morgan fingerprint density at radius 2 is 2.04 bits per heavy atom. The third kappa shape index (κ3) is 4.26. The van der Waals surface area contributed by atoms with Gasteiger partial charge in [-0.1, -0.05) is 6.07 Å². The van der Waals surface area contributed by atoms with Gasteiger partial charge in [0.05, 0.1) is 0 Å². The van der Waals surface area contributed by atoms with E-state index in [1.807, 2.05) is 28.8 Å². The molecular formula is C20H23FN4O2. The van der Waals surface area contributed by atoms with Gasteiger partial charge in [-0.2, -0.15) is 0 Å². The Labute approximate surface area is 157 Å². The van der Waals surface area contributed by atoms with Gasteiger partial charge in [0.15, 0.2) is 5.65 Å². The zero-order chi connectivity index (χ0) is 18.6. The minimum atomic E-state index is -0.607. The SMILES string of the molecule is OC(COc1ccc(F)cc1)CN1CCCC(c2nnc3ccccn23)C1. The zero-order valence-corrected chi connectivity index (χ0v) is 15.0. The highest BCUT2D eigenvalue weighted by Crippen LogP contribution is 2.26. The monoisotopic (exact) mass is 370 g/mol. The maximum Gasteiger partial charge on any atom is 0.160 e. The largest absolute Gasteiger partial charge is 0.491 e. The summed E-state index contributed by atoms with van der Waals surface area (Å²) in [5.41, 5.74) is 0.859. The maximum absolute atomic E-state index is 12.9. The fourth-order valence-electron chi connectivity index (χ4n) is 3.64. The summed E-state index contributed by atoms with van der Waals surface area (Å²) in [6, 6.07) is 11.7. The van der Waals surface area contributed by atoms with Crippen molar-refractivity contribution in [3.8, 4) is 5.75 Å². The van der Waals surface area contributed by atoms with Crippen molar-refractivity contribution in [2.24, 2.45) is 0 Å². The van der Waals surface area contributed by atoms with Crippen LogP contribution in [0.5, 0.6) is 5.75 Å². The average Bonchev–Trinajstić information content (AvgIpc) is 3.12. The second kappa shape index (κ2) is 8.02. The molecule has 3 aromatic rings. The van der Waals surface area contributed by atoms with E-state index < -0.39 is 6.10 Å². The molecule has 1 aliphatic heterocycles. The predicted molar refractivity (Wildman–Crippen MR) is 99.3 cm³/mol. The molecule has 27 heavy (non-hydrogen) atoms. The number of aromatic nitrogens is 3. The summed E-state index contributed by atoms with van der Waals surface area (Å²) in [7, 11) is 0. The lowest BCUT2D eigenvalue weighted by molar-refractivity contribution is 0.0577. The van der Waals surface area contributed by atoms with E-state index in [0.29, 0.717) is 18.2 Å². The molecule has 142 valence electrons. The van der Waals surface area contributed by atoms with Gasteiger partial charge in [0, 0.05) is 25.2 Å². The number of nitrogens with zero attached hydrogens (tertiary/aromatic N) is 4. The lowest BCUT2D eigenvalue weighted by Crippen LogP contribution is -2.41. The third-order valence-electron chi connectivity index (χ3n) is 4.94. The van der Waals surface area contributed by atoms with Crippen molar-refractivity contribution >= 4 is 5.65 Å². The molecule has 4 rings (SSSR count). The maximum atomic E-state index is 12.9. The van der Waals surface area contributed by atoms with Gasteiger partial charge in [0.25, 0.3) is 0 Å². The first-order valence-corrected chi connectivity index (χ1v) is 9.27. The number of piperidine rings is 1. The first-order chi connectivity index (χ1) is 13.2. The molecule has 2 aromatic heterocycles. The normalized spacial score (nSPS) is 19.3. The molecule has 6 nitrogen and oxygen atoms in total. The number of likely N-dealkylation sites (tertiary alicyclic amines) is 1. The number of benzene rings is 1. The molecule has 0 saturated carbocycles. The van der Waals surface area contributed by atoms with Crippen molar-refractivity contribution < 1.29 is 14.2 Å². The number of aliphatic hydroxyl groups excluding tert-OH is 1. The number of hydrogen-bond acceptors (Lipinski definition) is 5. The van der Waals surface area contributed by atoms with Crippen LogP contribution in [0.4, 0.5) is 4.39 Å². The lowest BCUT2D eigenvalue weighted by atomic mass is 9.97. The molecule has 1 N–H and O–H groups in total. The summed E-state index contributed by atoms with van der Waals surface area (Å²) >= 11 is 0. The van der Waals surface area contributed by atoms with Crippen molar-refractivity contribution in [1.82, 2.24) is 19.5 Å². The summed E-state index contributed by atoms with van der Waals surface area (Å²) < 4.78 is 20.5. The first-order valence-electron chi connectivity index (χ1n) is 9.27. The number of hydrogen-bond donors (Lipinski definition) is 1. The van der Waals surface area contributed by atoms with Crippen LogP contribution < -0.4 is 4.74 Å². The van der Waals surface area contributed by atoms with Crippen molar-refractivity contribution in [3.05, 3.63) is 60.3 Å². The van der Waals surface area contributed by atoms with E-state index in [2.05, 4.69) is 15.1 Å². The molecular weight excluding hydrogens is 347 g/mol. The Balaban J connectivity index is 1.33. The van der Waals surface area contributed by atoms with Gasteiger partial charge in [-0.15, -0.1) is 10.2 Å². The number of ether oxygens (including phenoxy) is 1.